The molecular formula is C12H11FN4O4. The number of carboxylic acids is 1. The fourth-order valence-corrected chi connectivity index (χ4v) is 1.56. The summed E-state index contributed by atoms with van der Waals surface area (Å²) < 4.78 is 17.6. The van der Waals surface area contributed by atoms with E-state index in [9.17, 15) is 14.0 Å². The minimum Gasteiger partial charge on any atom is -0.478 e. The molecule has 1 aromatic heterocycles. The van der Waals surface area contributed by atoms with Gasteiger partial charge >= 0.3 is 12.0 Å². The van der Waals surface area contributed by atoms with Crippen LogP contribution in [-0.2, 0) is 6.42 Å². The number of hydrogen-bond acceptors (Lipinski definition) is 5. The first-order valence-corrected chi connectivity index (χ1v) is 5.89. The summed E-state index contributed by atoms with van der Waals surface area (Å²) in [5.74, 6) is -1.49. The smallest absolute Gasteiger partial charge is 0.337 e. The van der Waals surface area contributed by atoms with Crippen molar-refractivity contribution < 1.29 is 23.6 Å². The zero-order valence-corrected chi connectivity index (χ0v) is 10.7. The molecule has 8 nitrogen and oxygen atoms in total. The molecule has 0 aliphatic rings. The van der Waals surface area contributed by atoms with E-state index < -0.39 is 17.8 Å². The Morgan fingerprint density at radius 1 is 1.38 bits per heavy atom. The topological polar surface area (TPSA) is 117 Å². The lowest BCUT2D eigenvalue weighted by Gasteiger charge is -2.09. The highest BCUT2D eigenvalue weighted by Crippen LogP contribution is 2.17. The monoisotopic (exact) mass is 294 g/mol. The number of benzene rings is 1. The molecule has 110 valence electrons. The molecule has 0 radical (unpaired) electrons. The van der Waals surface area contributed by atoms with Gasteiger partial charge in [0.15, 0.2) is 5.82 Å². The van der Waals surface area contributed by atoms with Crippen LogP contribution < -0.4 is 10.6 Å². The number of aromatic carboxylic acids is 1. The number of rotatable bonds is 5. The van der Waals surface area contributed by atoms with Crippen molar-refractivity contribution in [1.82, 2.24) is 15.5 Å². The zero-order valence-electron chi connectivity index (χ0n) is 10.7. The predicted molar refractivity (Wildman–Crippen MR) is 68.4 cm³/mol. The summed E-state index contributed by atoms with van der Waals surface area (Å²) in [6.45, 7) is 0.211. The van der Waals surface area contributed by atoms with Gasteiger partial charge in [-0.1, -0.05) is 5.16 Å². The average molecular weight is 294 g/mol. The summed E-state index contributed by atoms with van der Waals surface area (Å²) in [6, 6.07) is 2.35. The van der Waals surface area contributed by atoms with Gasteiger partial charge in [-0.05, 0) is 18.2 Å². The lowest BCUT2D eigenvalue weighted by Crippen LogP contribution is -2.31. The van der Waals surface area contributed by atoms with Crippen LogP contribution in [0.15, 0.2) is 29.1 Å². The molecule has 9 heteroatoms. The van der Waals surface area contributed by atoms with Crippen LogP contribution in [0.4, 0.5) is 14.9 Å². The van der Waals surface area contributed by atoms with Crippen LogP contribution in [0.3, 0.4) is 0 Å². The molecule has 1 heterocycles. The van der Waals surface area contributed by atoms with Gasteiger partial charge in [0.05, 0.1) is 11.3 Å². The molecule has 2 rings (SSSR count). The molecule has 2 aromatic rings. The maximum atomic E-state index is 13.1. The van der Waals surface area contributed by atoms with Gasteiger partial charge in [-0.2, -0.15) is 4.98 Å². The number of amides is 2. The Balaban J connectivity index is 1.93. The third kappa shape index (κ3) is 4.00. The Kier molecular flexibility index (Phi) is 4.44. The third-order valence-electron chi connectivity index (χ3n) is 2.50. The summed E-state index contributed by atoms with van der Waals surface area (Å²) >= 11 is 0. The molecule has 1 aromatic carbocycles. The van der Waals surface area contributed by atoms with Crippen molar-refractivity contribution in [2.45, 2.75) is 6.42 Å². The third-order valence-corrected chi connectivity index (χ3v) is 2.50. The van der Waals surface area contributed by atoms with E-state index in [1.807, 2.05) is 0 Å². The van der Waals surface area contributed by atoms with Crippen molar-refractivity contribution in [2.24, 2.45) is 0 Å². The molecule has 0 atom stereocenters. The van der Waals surface area contributed by atoms with E-state index >= 15 is 0 Å². The van der Waals surface area contributed by atoms with Crippen LogP contribution in [-0.4, -0.2) is 33.8 Å². The van der Waals surface area contributed by atoms with Crippen molar-refractivity contribution in [3.05, 3.63) is 41.8 Å². The lowest BCUT2D eigenvalue weighted by atomic mass is 10.2. The largest absolute Gasteiger partial charge is 0.478 e. The van der Waals surface area contributed by atoms with Crippen LogP contribution in [0.1, 0.15) is 16.2 Å². The predicted octanol–water partition coefficient (Wildman–Crippen LogP) is 1.27. The van der Waals surface area contributed by atoms with Gasteiger partial charge in [-0.15, -0.1) is 0 Å². The molecule has 21 heavy (non-hydrogen) atoms. The maximum absolute atomic E-state index is 13.1. The molecule has 0 unspecified atom stereocenters. The first-order chi connectivity index (χ1) is 10.1. The molecule has 3 N–H and O–H groups in total. The normalized spacial score (nSPS) is 10.1. The molecule has 0 spiro atoms. The van der Waals surface area contributed by atoms with Crippen LogP contribution in [0.2, 0.25) is 0 Å². The zero-order chi connectivity index (χ0) is 15.2. The van der Waals surface area contributed by atoms with Crippen molar-refractivity contribution in [1.29, 1.82) is 0 Å². The average Bonchev–Trinajstić information content (AvgIpc) is 2.91. The van der Waals surface area contributed by atoms with Crippen molar-refractivity contribution in [3.8, 4) is 0 Å². The van der Waals surface area contributed by atoms with Crippen molar-refractivity contribution in [2.75, 3.05) is 11.9 Å². The molecule has 0 saturated heterocycles. The van der Waals surface area contributed by atoms with E-state index in [-0.39, 0.29) is 17.8 Å². The molecular weight excluding hydrogens is 283 g/mol. The first-order valence-electron chi connectivity index (χ1n) is 5.89. The van der Waals surface area contributed by atoms with Crippen molar-refractivity contribution in [3.63, 3.8) is 0 Å². The van der Waals surface area contributed by atoms with Gasteiger partial charge in [-0.25, -0.2) is 14.0 Å². The Morgan fingerprint density at radius 3 is 2.86 bits per heavy atom. The number of carbonyl (C=O) groups is 2. The number of nitrogens with one attached hydrogen (secondary N) is 2. The van der Waals surface area contributed by atoms with E-state index in [4.69, 9.17) is 5.11 Å². The summed E-state index contributed by atoms with van der Waals surface area (Å²) in [5.41, 5.74) is -0.329. The minimum atomic E-state index is -1.27. The van der Waals surface area contributed by atoms with Gasteiger partial charge in [-0.3, -0.25) is 0 Å². The number of aromatic nitrogens is 2. The summed E-state index contributed by atoms with van der Waals surface area (Å²) in [5, 5.41) is 17.3. The number of anilines is 1. The van der Waals surface area contributed by atoms with E-state index in [1.54, 1.807) is 0 Å². The van der Waals surface area contributed by atoms with E-state index in [0.29, 0.717) is 12.2 Å². The molecule has 2 amide bonds. The summed E-state index contributed by atoms with van der Waals surface area (Å²) in [4.78, 5) is 26.4. The number of halogens is 1. The maximum Gasteiger partial charge on any atom is 0.337 e. The number of carbonyl (C=O) groups excluding carboxylic acids is 1. The van der Waals surface area contributed by atoms with Crippen molar-refractivity contribution >= 4 is 17.7 Å². The fraction of sp³-hybridized carbons (Fsp3) is 0.167. The SMILES string of the molecule is O=C(NCCc1ncon1)Nc1cc(F)ccc1C(=O)O. The Bertz CT molecular complexity index is 645. The lowest BCUT2D eigenvalue weighted by molar-refractivity contribution is 0.0698. The second-order valence-corrected chi connectivity index (χ2v) is 3.97. The molecule has 0 aliphatic carbocycles. The quantitative estimate of drug-likeness (QED) is 0.764. The highest BCUT2D eigenvalue weighted by Gasteiger charge is 2.13. The molecule has 0 aliphatic heterocycles. The Labute approximate surface area is 118 Å². The molecule has 0 saturated carbocycles. The first kappa shape index (κ1) is 14.4. The van der Waals surface area contributed by atoms with Crippen LogP contribution in [0.5, 0.6) is 0 Å². The number of urea groups is 1. The molecule has 0 bridgehead atoms. The van der Waals surface area contributed by atoms with Crippen LogP contribution >= 0.6 is 0 Å². The van der Waals surface area contributed by atoms with Gasteiger partial charge in [0.2, 0.25) is 6.39 Å². The van der Waals surface area contributed by atoms with E-state index in [2.05, 4.69) is 25.3 Å². The Hall–Kier alpha value is -2.97. The second-order valence-electron chi connectivity index (χ2n) is 3.97. The standard InChI is InChI=1S/C12H11FN4O4/c13-7-1-2-8(11(18)19)9(5-7)16-12(20)14-4-3-10-15-6-21-17-10/h1-2,5-6H,3-4H2,(H,18,19)(H2,14,16,20). The second kappa shape index (κ2) is 6.46. The highest BCUT2D eigenvalue weighted by atomic mass is 19.1. The number of nitrogens with zero attached hydrogens (tertiary/aromatic N) is 2. The number of carboxylic acid groups (broad SMARTS) is 1. The van der Waals surface area contributed by atoms with Gasteiger partial charge in [0, 0.05) is 13.0 Å². The number of hydrogen-bond donors (Lipinski definition) is 3. The van der Waals surface area contributed by atoms with Gasteiger partial charge in [0.1, 0.15) is 5.82 Å². The highest BCUT2D eigenvalue weighted by molar-refractivity contribution is 5.99. The Morgan fingerprint density at radius 2 is 2.19 bits per heavy atom. The summed E-state index contributed by atoms with van der Waals surface area (Å²) in [7, 11) is 0. The van der Waals surface area contributed by atoms with Gasteiger partial charge in [0.25, 0.3) is 0 Å². The summed E-state index contributed by atoms with van der Waals surface area (Å²) in [6.07, 6.45) is 1.51. The van der Waals surface area contributed by atoms with Gasteiger partial charge < -0.3 is 20.3 Å². The van der Waals surface area contributed by atoms with E-state index in [0.717, 1.165) is 18.2 Å². The molecule has 0 fully saturated rings. The van der Waals surface area contributed by atoms with Crippen LogP contribution in [0.25, 0.3) is 0 Å². The van der Waals surface area contributed by atoms with E-state index in [1.165, 1.54) is 6.39 Å². The fourth-order valence-electron chi connectivity index (χ4n) is 1.56. The minimum absolute atomic E-state index is 0.125. The van der Waals surface area contributed by atoms with Crippen LogP contribution in [0, 0.1) is 5.82 Å².